The van der Waals surface area contributed by atoms with Crippen molar-refractivity contribution in [2.24, 2.45) is 0 Å². The van der Waals surface area contributed by atoms with Crippen LogP contribution in [0, 0.1) is 0 Å². The highest BCUT2D eigenvalue weighted by Crippen LogP contribution is 2.18. The van der Waals surface area contributed by atoms with Gasteiger partial charge < -0.3 is 9.22 Å². The van der Waals surface area contributed by atoms with Crippen molar-refractivity contribution in [3.63, 3.8) is 0 Å². The number of amides is 2. The van der Waals surface area contributed by atoms with Gasteiger partial charge in [-0.3, -0.25) is 4.79 Å². The number of cyclic esters (lactones) is 1. The van der Waals surface area contributed by atoms with E-state index in [1.54, 1.807) is 0 Å². The van der Waals surface area contributed by atoms with Crippen LogP contribution >= 0.6 is 0 Å². The first kappa shape index (κ1) is 19.8. The van der Waals surface area contributed by atoms with Gasteiger partial charge in [-0.1, -0.05) is 66.7 Å². The van der Waals surface area contributed by atoms with Crippen LogP contribution in [0.1, 0.15) is 11.1 Å². The molecule has 2 amide bonds. The first-order chi connectivity index (χ1) is 13.4. The van der Waals surface area contributed by atoms with Crippen molar-refractivity contribution >= 4 is 18.1 Å². The van der Waals surface area contributed by atoms with Crippen LogP contribution in [0.3, 0.4) is 0 Å². The summed E-state index contributed by atoms with van der Waals surface area (Å²) in [6.07, 6.45) is 4.18. The summed E-state index contributed by atoms with van der Waals surface area (Å²) in [7, 11) is 3.97. The predicted octanol–water partition coefficient (Wildman–Crippen LogP) is 3.37. The molecule has 1 heterocycles. The van der Waals surface area contributed by atoms with E-state index in [1.165, 1.54) is 4.90 Å². The Bertz CT molecular complexity index is 831. The minimum Gasteiger partial charge on any atom is -0.447 e. The maximum atomic E-state index is 12.9. The number of imide groups is 1. The zero-order valence-electron chi connectivity index (χ0n) is 16.5. The summed E-state index contributed by atoms with van der Waals surface area (Å²) in [6, 6.07) is 19.7. The molecule has 0 bridgehead atoms. The van der Waals surface area contributed by atoms with Gasteiger partial charge in [-0.2, -0.15) is 0 Å². The molecule has 1 fully saturated rings. The molecule has 5 heteroatoms. The molecule has 28 heavy (non-hydrogen) atoms. The molecule has 0 aromatic heterocycles. The van der Waals surface area contributed by atoms with Crippen LogP contribution in [0.4, 0.5) is 4.79 Å². The van der Waals surface area contributed by atoms with Crippen LogP contribution in [-0.4, -0.2) is 61.2 Å². The van der Waals surface area contributed by atoms with Gasteiger partial charge in [-0.25, -0.2) is 9.69 Å². The zero-order valence-corrected chi connectivity index (χ0v) is 16.5. The zero-order chi connectivity index (χ0) is 20.0. The number of quaternary nitrogens is 1. The molecular weight excluding hydrogens is 352 g/mol. The van der Waals surface area contributed by atoms with Crippen LogP contribution in [0.25, 0.3) is 6.08 Å². The first-order valence-corrected chi connectivity index (χ1v) is 9.51. The van der Waals surface area contributed by atoms with Crippen molar-refractivity contribution in [2.75, 3.05) is 33.8 Å². The fraction of sp³-hybridized carbons (Fsp3) is 0.304. The lowest BCUT2D eigenvalue weighted by atomic mass is 10.1. The lowest BCUT2D eigenvalue weighted by molar-refractivity contribution is -0.876. The summed E-state index contributed by atoms with van der Waals surface area (Å²) in [6.45, 7) is 1.17. The predicted molar refractivity (Wildman–Crippen MR) is 109 cm³/mol. The van der Waals surface area contributed by atoms with Crippen molar-refractivity contribution < 1.29 is 18.8 Å². The molecule has 0 aliphatic carbocycles. The number of carbonyl (C=O) groups excluding carboxylic acids is 2. The van der Waals surface area contributed by atoms with E-state index in [1.807, 2.05) is 80.8 Å². The molecule has 0 unspecified atom stereocenters. The van der Waals surface area contributed by atoms with Gasteiger partial charge in [0.25, 0.3) is 5.91 Å². The number of hydrogen-bond acceptors (Lipinski definition) is 3. The van der Waals surface area contributed by atoms with Gasteiger partial charge in [0, 0.05) is 0 Å². The van der Waals surface area contributed by atoms with Gasteiger partial charge in [-0.05, 0) is 23.6 Å². The van der Waals surface area contributed by atoms with Crippen molar-refractivity contribution in [1.82, 2.24) is 4.90 Å². The molecule has 2 aromatic carbocycles. The van der Waals surface area contributed by atoms with Crippen LogP contribution in [0.15, 0.2) is 66.7 Å². The molecule has 3 rings (SSSR count). The summed E-state index contributed by atoms with van der Waals surface area (Å²) in [5.41, 5.74) is 2.21. The summed E-state index contributed by atoms with van der Waals surface area (Å²) in [4.78, 5) is 26.4. The van der Waals surface area contributed by atoms with E-state index >= 15 is 0 Å². The van der Waals surface area contributed by atoms with Gasteiger partial charge in [0.05, 0.1) is 26.7 Å². The summed E-state index contributed by atoms with van der Waals surface area (Å²) < 4.78 is 5.63. The Balaban J connectivity index is 1.61. The fourth-order valence-corrected chi connectivity index (χ4v) is 3.35. The smallest absolute Gasteiger partial charge is 0.417 e. The van der Waals surface area contributed by atoms with E-state index < -0.39 is 6.09 Å². The van der Waals surface area contributed by atoms with Gasteiger partial charge >= 0.3 is 6.09 Å². The van der Waals surface area contributed by atoms with Gasteiger partial charge in [0.1, 0.15) is 6.61 Å². The van der Waals surface area contributed by atoms with Crippen LogP contribution in [-0.2, 0) is 16.0 Å². The third-order valence-corrected chi connectivity index (χ3v) is 4.82. The Kier molecular flexibility index (Phi) is 6.26. The topological polar surface area (TPSA) is 46.6 Å². The fourth-order valence-electron chi connectivity index (χ4n) is 3.35. The molecule has 1 aliphatic rings. The SMILES string of the molecule is C[N+](C)(C/C=C/c1ccccc1)CC(=O)N1C(=O)OC[C@@H]1Cc1ccccc1. The van der Waals surface area contributed by atoms with Crippen LogP contribution in [0.2, 0.25) is 0 Å². The Morgan fingerprint density at radius 1 is 1.11 bits per heavy atom. The minimum atomic E-state index is -0.536. The maximum absolute atomic E-state index is 12.9. The Labute approximate surface area is 166 Å². The molecule has 1 aliphatic heterocycles. The molecule has 0 saturated carbocycles. The molecule has 1 atom stereocenters. The summed E-state index contributed by atoms with van der Waals surface area (Å²) >= 11 is 0. The Morgan fingerprint density at radius 3 is 2.43 bits per heavy atom. The average molecular weight is 379 g/mol. The number of carbonyl (C=O) groups is 2. The number of rotatable bonds is 7. The number of hydrogen-bond donors (Lipinski definition) is 0. The lowest BCUT2D eigenvalue weighted by Crippen LogP contribution is -2.51. The highest BCUT2D eigenvalue weighted by atomic mass is 16.6. The third-order valence-electron chi connectivity index (χ3n) is 4.82. The van der Waals surface area contributed by atoms with E-state index in [9.17, 15) is 9.59 Å². The monoisotopic (exact) mass is 379 g/mol. The number of nitrogens with zero attached hydrogens (tertiary/aromatic N) is 2. The quantitative estimate of drug-likeness (QED) is 0.693. The van der Waals surface area contributed by atoms with Gasteiger partial charge in [0.2, 0.25) is 0 Å². The van der Waals surface area contributed by atoms with Crippen LogP contribution in [0.5, 0.6) is 0 Å². The van der Waals surface area contributed by atoms with Crippen LogP contribution < -0.4 is 0 Å². The highest BCUT2D eigenvalue weighted by molar-refractivity contribution is 5.94. The molecule has 2 aromatic rings. The normalized spacial score (nSPS) is 17.1. The van der Waals surface area contributed by atoms with Crippen molar-refractivity contribution in [3.05, 3.63) is 77.9 Å². The molecule has 5 nitrogen and oxygen atoms in total. The highest BCUT2D eigenvalue weighted by Gasteiger charge is 2.40. The second kappa shape index (κ2) is 8.85. The maximum Gasteiger partial charge on any atom is 0.417 e. The second-order valence-corrected chi connectivity index (χ2v) is 7.77. The van der Waals surface area contributed by atoms with E-state index in [-0.39, 0.29) is 25.1 Å². The molecule has 0 radical (unpaired) electrons. The molecule has 0 N–H and O–H groups in total. The van der Waals surface area contributed by atoms with Gasteiger partial charge in [0.15, 0.2) is 6.54 Å². The molecule has 146 valence electrons. The van der Waals surface area contributed by atoms with Crippen molar-refractivity contribution in [3.8, 4) is 0 Å². The number of benzene rings is 2. The van der Waals surface area contributed by atoms with E-state index in [0.29, 0.717) is 17.4 Å². The largest absolute Gasteiger partial charge is 0.447 e. The average Bonchev–Trinajstić information content (AvgIpc) is 3.03. The van der Waals surface area contributed by atoms with E-state index in [0.717, 1.165) is 11.1 Å². The van der Waals surface area contributed by atoms with Gasteiger partial charge in [-0.15, -0.1) is 0 Å². The summed E-state index contributed by atoms with van der Waals surface area (Å²) in [5, 5.41) is 0. The van der Waals surface area contributed by atoms with E-state index in [2.05, 4.69) is 6.08 Å². The molecular formula is C23H27N2O3+. The molecule has 0 spiro atoms. The Hall–Kier alpha value is -2.92. The molecule has 1 saturated heterocycles. The lowest BCUT2D eigenvalue weighted by Gasteiger charge is -2.30. The first-order valence-electron chi connectivity index (χ1n) is 9.51. The number of likely N-dealkylation sites (N-methyl/N-ethyl adjacent to an activating group) is 1. The van der Waals surface area contributed by atoms with Crippen molar-refractivity contribution in [1.29, 1.82) is 0 Å². The minimum absolute atomic E-state index is 0.193. The number of ether oxygens (including phenoxy) is 1. The summed E-state index contributed by atoms with van der Waals surface area (Å²) in [5.74, 6) is -0.193. The third kappa shape index (κ3) is 5.30. The van der Waals surface area contributed by atoms with Crippen molar-refractivity contribution in [2.45, 2.75) is 12.5 Å². The Morgan fingerprint density at radius 2 is 1.75 bits per heavy atom. The standard InChI is InChI=1S/C23H27N2O3/c1-25(2,15-9-14-19-10-5-3-6-11-19)17-22(26)24-21(18-28-23(24)27)16-20-12-7-4-8-13-20/h3-14,21H,15-18H2,1-2H3/q+1/b14-9+/t21-/m0/s1. The second-order valence-electron chi connectivity index (χ2n) is 7.77. The van der Waals surface area contributed by atoms with E-state index in [4.69, 9.17) is 4.74 Å².